The van der Waals surface area contributed by atoms with Gasteiger partial charge in [0.2, 0.25) is 0 Å². The maximum absolute atomic E-state index is 12.5. The Morgan fingerprint density at radius 3 is 2.55 bits per heavy atom. The van der Waals surface area contributed by atoms with Gasteiger partial charge in [-0.2, -0.15) is 0 Å². The first-order chi connectivity index (χ1) is 15.0. The van der Waals surface area contributed by atoms with E-state index in [-0.39, 0.29) is 17.7 Å². The van der Waals surface area contributed by atoms with Crippen LogP contribution in [0.15, 0.2) is 30.3 Å². The van der Waals surface area contributed by atoms with Crippen molar-refractivity contribution >= 4 is 11.8 Å². The lowest BCUT2D eigenvalue weighted by atomic mass is 9.87. The number of ketones is 1. The number of carbonyl (C=O) groups is 2. The summed E-state index contributed by atoms with van der Waals surface area (Å²) in [6.45, 7) is 8.37. The van der Waals surface area contributed by atoms with Crippen LogP contribution in [0, 0.1) is 5.92 Å². The molecule has 1 aliphatic heterocycles. The average molecular weight is 433 g/mol. The maximum Gasteiger partial charge on any atom is 0.316 e. The smallest absolute Gasteiger partial charge is 0.316 e. The van der Waals surface area contributed by atoms with Crippen LogP contribution in [0.2, 0.25) is 0 Å². The molecule has 0 spiro atoms. The van der Waals surface area contributed by atoms with E-state index in [0.29, 0.717) is 13.2 Å². The number of likely N-dealkylation sites (tertiary alicyclic amines) is 1. The second-order valence-electron chi connectivity index (χ2n) is 8.68. The topological polar surface area (TPSA) is 67.9 Å². The zero-order valence-corrected chi connectivity index (χ0v) is 19.5. The number of ether oxygens (including phenoxy) is 2. The number of piperidine rings is 1. The highest BCUT2D eigenvalue weighted by atomic mass is 16.5. The number of hydrogen-bond acceptors (Lipinski definition) is 6. The van der Waals surface area contributed by atoms with E-state index in [9.17, 15) is 9.59 Å². The summed E-state index contributed by atoms with van der Waals surface area (Å²) in [5.41, 5.74) is 1.16. The van der Waals surface area contributed by atoms with Crippen LogP contribution in [0.1, 0.15) is 51.5 Å². The Kier molecular flexibility index (Phi) is 11.2. The summed E-state index contributed by atoms with van der Waals surface area (Å²) in [4.78, 5) is 27.1. The molecule has 6 nitrogen and oxygen atoms in total. The summed E-state index contributed by atoms with van der Waals surface area (Å²) in [6, 6.07) is 10.6. The van der Waals surface area contributed by atoms with Gasteiger partial charge in [-0.25, -0.2) is 0 Å². The molecular formula is C25H40N2O4. The van der Waals surface area contributed by atoms with Crippen molar-refractivity contribution in [1.29, 1.82) is 0 Å². The second kappa shape index (κ2) is 13.6. The van der Waals surface area contributed by atoms with Crippen molar-refractivity contribution in [2.24, 2.45) is 5.92 Å². The predicted molar refractivity (Wildman–Crippen MR) is 123 cm³/mol. The molecule has 0 amide bonds. The van der Waals surface area contributed by atoms with Gasteiger partial charge in [0, 0.05) is 33.2 Å². The molecule has 0 aromatic heterocycles. The summed E-state index contributed by atoms with van der Waals surface area (Å²) >= 11 is 0. The Labute approximate surface area is 187 Å². The van der Waals surface area contributed by atoms with Crippen LogP contribution in [0.4, 0.5) is 0 Å². The highest BCUT2D eigenvalue weighted by Gasteiger charge is 2.36. The van der Waals surface area contributed by atoms with Gasteiger partial charge >= 0.3 is 5.97 Å². The Morgan fingerprint density at radius 2 is 1.90 bits per heavy atom. The molecule has 174 valence electrons. The molecule has 1 aromatic rings. The monoisotopic (exact) mass is 432 g/mol. The SMILES string of the molecule is CCCCNC1(COC(=O)C(C)C(=O)CCOC)CCN(CCc2ccccc2)CC1. The number of nitrogens with one attached hydrogen (secondary N) is 1. The fourth-order valence-corrected chi connectivity index (χ4v) is 3.92. The lowest BCUT2D eigenvalue weighted by Crippen LogP contribution is -2.57. The molecule has 31 heavy (non-hydrogen) atoms. The normalized spacial score (nSPS) is 17.3. The van der Waals surface area contributed by atoms with Gasteiger partial charge in [-0.3, -0.25) is 9.59 Å². The van der Waals surface area contributed by atoms with Gasteiger partial charge in [-0.1, -0.05) is 43.7 Å². The molecule has 1 saturated heterocycles. The molecule has 1 heterocycles. The van der Waals surface area contributed by atoms with Crippen molar-refractivity contribution in [2.75, 3.05) is 46.5 Å². The third-order valence-corrected chi connectivity index (χ3v) is 6.28. The Morgan fingerprint density at radius 1 is 1.19 bits per heavy atom. The third kappa shape index (κ3) is 8.71. The largest absolute Gasteiger partial charge is 0.463 e. The van der Waals surface area contributed by atoms with Crippen LogP contribution in [-0.2, 0) is 25.5 Å². The van der Waals surface area contributed by atoms with E-state index in [1.165, 1.54) is 5.56 Å². The van der Waals surface area contributed by atoms with Crippen molar-refractivity contribution in [3.8, 4) is 0 Å². The second-order valence-corrected chi connectivity index (χ2v) is 8.68. The number of hydrogen-bond donors (Lipinski definition) is 1. The average Bonchev–Trinajstić information content (AvgIpc) is 2.81. The van der Waals surface area contributed by atoms with E-state index in [0.717, 1.165) is 58.3 Å². The highest BCUT2D eigenvalue weighted by Crippen LogP contribution is 2.24. The summed E-state index contributed by atoms with van der Waals surface area (Å²) in [5, 5.41) is 3.68. The molecule has 1 unspecified atom stereocenters. The zero-order valence-electron chi connectivity index (χ0n) is 19.5. The molecule has 0 radical (unpaired) electrons. The lowest BCUT2D eigenvalue weighted by molar-refractivity contribution is -0.154. The number of nitrogens with zero attached hydrogens (tertiary/aromatic N) is 1. The molecule has 1 aliphatic rings. The summed E-state index contributed by atoms with van der Waals surface area (Å²) < 4.78 is 10.6. The Bertz CT molecular complexity index is 657. The van der Waals surface area contributed by atoms with Crippen LogP contribution in [-0.4, -0.2) is 68.7 Å². The van der Waals surface area contributed by atoms with Gasteiger partial charge in [-0.05, 0) is 44.7 Å². The minimum absolute atomic E-state index is 0.129. The molecule has 0 aliphatic carbocycles. The van der Waals surface area contributed by atoms with Crippen molar-refractivity contribution < 1.29 is 19.1 Å². The van der Waals surface area contributed by atoms with Crippen molar-refractivity contribution in [3.63, 3.8) is 0 Å². The first-order valence-corrected chi connectivity index (χ1v) is 11.7. The van der Waals surface area contributed by atoms with Gasteiger partial charge in [0.1, 0.15) is 18.3 Å². The number of unbranched alkanes of at least 4 members (excludes halogenated alkanes) is 1. The molecule has 0 saturated carbocycles. The van der Waals surface area contributed by atoms with E-state index < -0.39 is 11.9 Å². The first-order valence-electron chi connectivity index (χ1n) is 11.7. The van der Waals surface area contributed by atoms with Crippen molar-refractivity contribution in [1.82, 2.24) is 10.2 Å². The van der Waals surface area contributed by atoms with E-state index in [1.54, 1.807) is 14.0 Å². The minimum atomic E-state index is -0.742. The molecule has 2 rings (SSSR count). The fourth-order valence-electron chi connectivity index (χ4n) is 3.92. The van der Waals surface area contributed by atoms with Gasteiger partial charge in [0.05, 0.1) is 12.1 Å². The zero-order chi connectivity index (χ0) is 22.5. The number of rotatable bonds is 14. The van der Waals surface area contributed by atoms with Crippen molar-refractivity contribution in [2.45, 2.75) is 57.9 Å². The maximum atomic E-state index is 12.5. The quantitative estimate of drug-likeness (QED) is 0.277. The molecular weight excluding hydrogens is 392 g/mol. The Balaban J connectivity index is 1.86. The highest BCUT2D eigenvalue weighted by molar-refractivity contribution is 5.98. The molecule has 6 heteroatoms. The van der Waals surface area contributed by atoms with Gasteiger partial charge < -0.3 is 19.7 Å². The third-order valence-electron chi connectivity index (χ3n) is 6.28. The van der Waals surface area contributed by atoms with Crippen LogP contribution in [0.5, 0.6) is 0 Å². The summed E-state index contributed by atoms with van der Waals surface area (Å²) in [5.74, 6) is -1.30. The Hall–Kier alpha value is -1.76. The van der Waals surface area contributed by atoms with Gasteiger partial charge in [0.25, 0.3) is 0 Å². The van der Waals surface area contributed by atoms with E-state index in [2.05, 4.69) is 41.4 Å². The lowest BCUT2D eigenvalue weighted by Gasteiger charge is -2.42. The molecule has 1 atom stereocenters. The van der Waals surface area contributed by atoms with Crippen LogP contribution in [0.25, 0.3) is 0 Å². The van der Waals surface area contributed by atoms with E-state index in [4.69, 9.17) is 9.47 Å². The number of methoxy groups -OCH3 is 1. The standard InChI is InChI=1S/C25H40N2O4/c1-4-5-15-26-25(20-31-24(29)21(2)23(28)12-19-30-3)13-17-27(18-14-25)16-11-22-9-7-6-8-10-22/h6-10,21,26H,4-5,11-20H2,1-3H3. The van der Waals surface area contributed by atoms with Gasteiger partial charge in [0.15, 0.2) is 0 Å². The molecule has 0 bridgehead atoms. The number of benzene rings is 1. The minimum Gasteiger partial charge on any atom is -0.463 e. The fraction of sp³-hybridized carbons (Fsp3) is 0.680. The van der Waals surface area contributed by atoms with E-state index in [1.807, 2.05) is 6.07 Å². The molecule has 1 fully saturated rings. The summed E-state index contributed by atoms with van der Waals surface area (Å²) in [6.07, 6.45) is 5.38. The molecule has 1 N–H and O–H groups in total. The number of Topliss-reactive ketones (excluding diaryl/α,β-unsaturated/α-hetero) is 1. The van der Waals surface area contributed by atoms with Gasteiger partial charge in [-0.15, -0.1) is 0 Å². The first kappa shape index (κ1) is 25.5. The number of carbonyl (C=O) groups excluding carboxylic acids is 2. The van der Waals surface area contributed by atoms with Crippen LogP contribution < -0.4 is 5.32 Å². The predicted octanol–water partition coefficient (Wildman–Crippen LogP) is 3.24. The van der Waals surface area contributed by atoms with Crippen molar-refractivity contribution in [3.05, 3.63) is 35.9 Å². The summed E-state index contributed by atoms with van der Waals surface area (Å²) in [7, 11) is 1.55. The number of esters is 1. The van der Waals surface area contributed by atoms with Crippen LogP contribution >= 0.6 is 0 Å². The van der Waals surface area contributed by atoms with Crippen LogP contribution in [0.3, 0.4) is 0 Å². The molecule has 1 aromatic carbocycles. The van der Waals surface area contributed by atoms with E-state index >= 15 is 0 Å².